The normalized spacial score (nSPS) is 18.9. The van der Waals surface area contributed by atoms with Gasteiger partial charge in [0.05, 0.1) is 24.5 Å². The first-order chi connectivity index (χ1) is 15.9. The number of carbonyl (C=O) groups excluding carboxylic acids is 2. The van der Waals surface area contributed by atoms with E-state index in [1.165, 1.54) is 21.9 Å². The maximum Gasteiger partial charge on any atom is 0.414 e. The lowest BCUT2D eigenvalue weighted by atomic mass is 10.2. The number of piperazine rings is 1. The summed E-state index contributed by atoms with van der Waals surface area (Å²) >= 11 is 4.47. The van der Waals surface area contributed by atoms with Gasteiger partial charge in [-0.05, 0) is 18.2 Å². The van der Waals surface area contributed by atoms with Crippen molar-refractivity contribution in [3.8, 4) is 0 Å². The zero-order valence-corrected chi connectivity index (χ0v) is 19.1. The summed E-state index contributed by atoms with van der Waals surface area (Å²) in [4.78, 5) is 27.5. The fourth-order valence-electron chi connectivity index (χ4n) is 3.46. The first kappa shape index (κ1) is 25.9. The van der Waals surface area contributed by atoms with E-state index in [2.05, 4.69) is 21.7 Å². The van der Waals surface area contributed by atoms with Crippen LogP contribution in [-0.2, 0) is 24.1 Å². The average molecular weight is 526 g/mol. The Morgan fingerprint density at radius 3 is 2.56 bits per heavy atom. The van der Waals surface area contributed by atoms with Gasteiger partial charge in [-0.25, -0.2) is 26.4 Å². The molecular formula is C18H20F3N4O7S2-. The molecule has 0 bridgehead atoms. The molecule has 3 rings (SSSR count). The Kier molecular flexibility index (Phi) is 8.17. The molecule has 0 unspecified atom stereocenters. The van der Waals surface area contributed by atoms with Gasteiger partial charge in [-0.2, -0.15) is 0 Å². The quantitative estimate of drug-likeness (QED) is 0.290. The number of hydrogen-bond acceptors (Lipinski definition) is 9. The van der Waals surface area contributed by atoms with E-state index >= 15 is 0 Å². The van der Waals surface area contributed by atoms with Gasteiger partial charge in [-0.3, -0.25) is 13.9 Å². The van der Waals surface area contributed by atoms with Crippen LogP contribution >= 0.6 is 12.2 Å². The Balaban J connectivity index is 1.56. The van der Waals surface area contributed by atoms with Gasteiger partial charge in [0, 0.05) is 26.2 Å². The van der Waals surface area contributed by atoms with Gasteiger partial charge in [-0.1, -0.05) is 12.2 Å². The highest BCUT2D eigenvalue weighted by atomic mass is 32.3. The summed E-state index contributed by atoms with van der Waals surface area (Å²) in [6, 6.07) is 4.10. The maximum absolute atomic E-state index is 14.8. The Labute approximate surface area is 198 Å². The molecule has 1 aromatic rings. The van der Waals surface area contributed by atoms with E-state index in [0.717, 1.165) is 6.07 Å². The predicted octanol–water partition coefficient (Wildman–Crippen LogP) is 0.458. The molecule has 188 valence electrons. The summed E-state index contributed by atoms with van der Waals surface area (Å²) in [7, 11) is -4.98. The number of halogens is 3. The van der Waals surface area contributed by atoms with Crippen molar-refractivity contribution in [3.05, 3.63) is 24.0 Å². The van der Waals surface area contributed by atoms with Gasteiger partial charge in [0.2, 0.25) is 16.3 Å². The second-order valence-corrected chi connectivity index (χ2v) is 8.83. The SMILES string of the molecule is O=C(COS(=O)(=O)[O-])N1CCN(c2ccc(N3C[C@H](CNC(=S)C(F)F)OC3=O)cc2F)CC1. The van der Waals surface area contributed by atoms with Gasteiger partial charge in [0.15, 0.2) is 0 Å². The van der Waals surface area contributed by atoms with Gasteiger partial charge < -0.3 is 24.4 Å². The molecular weight excluding hydrogens is 505 g/mol. The Morgan fingerprint density at radius 2 is 1.97 bits per heavy atom. The minimum Gasteiger partial charge on any atom is -0.726 e. The summed E-state index contributed by atoms with van der Waals surface area (Å²) in [6.45, 7) is -0.235. The second-order valence-electron chi connectivity index (χ2n) is 7.34. The van der Waals surface area contributed by atoms with E-state index in [4.69, 9.17) is 4.74 Å². The number of hydrogen-bond donors (Lipinski definition) is 1. The average Bonchev–Trinajstić information content (AvgIpc) is 3.15. The summed E-state index contributed by atoms with van der Waals surface area (Å²) in [5, 5.41) is 2.32. The number of anilines is 2. The van der Waals surface area contributed by atoms with Gasteiger partial charge in [0.1, 0.15) is 23.5 Å². The van der Waals surface area contributed by atoms with E-state index in [9.17, 15) is 35.7 Å². The molecule has 2 saturated heterocycles. The monoisotopic (exact) mass is 525 g/mol. The molecule has 2 fully saturated rings. The Bertz CT molecular complexity index is 1050. The van der Waals surface area contributed by atoms with Crippen LogP contribution in [0.3, 0.4) is 0 Å². The molecule has 16 heteroatoms. The van der Waals surface area contributed by atoms with Crippen LogP contribution in [0, 0.1) is 5.82 Å². The van der Waals surface area contributed by atoms with Crippen molar-refractivity contribution in [3.63, 3.8) is 0 Å². The number of thiocarbonyl (C=S) groups is 1. The van der Waals surface area contributed by atoms with Crippen LogP contribution in [0.1, 0.15) is 0 Å². The summed E-state index contributed by atoms with van der Waals surface area (Å²) in [6.07, 6.45) is -4.33. The lowest BCUT2D eigenvalue weighted by molar-refractivity contribution is -0.133. The molecule has 0 aliphatic carbocycles. The van der Waals surface area contributed by atoms with Crippen molar-refractivity contribution in [2.45, 2.75) is 12.5 Å². The number of benzene rings is 1. The van der Waals surface area contributed by atoms with Crippen molar-refractivity contribution in [1.29, 1.82) is 0 Å². The highest BCUT2D eigenvalue weighted by Crippen LogP contribution is 2.28. The molecule has 11 nitrogen and oxygen atoms in total. The lowest BCUT2D eigenvalue weighted by Crippen LogP contribution is -2.50. The van der Waals surface area contributed by atoms with Crippen LogP contribution < -0.4 is 15.1 Å². The summed E-state index contributed by atoms with van der Waals surface area (Å²) in [5.74, 6) is -1.31. The molecule has 1 aromatic carbocycles. The molecule has 2 aliphatic rings. The van der Waals surface area contributed by atoms with E-state index in [1.54, 1.807) is 4.90 Å². The van der Waals surface area contributed by atoms with Crippen LogP contribution in [0.25, 0.3) is 0 Å². The highest BCUT2D eigenvalue weighted by molar-refractivity contribution is 7.80. The standard InChI is InChI=1S/C18H21F3N4O7S2/c19-13-7-11(25-9-12(32-18(25)27)8-22-17(33)16(20)21)1-2-14(13)23-3-5-24(6-4-23)15(26)10-31-34(28,29)30/h1-2,7,12,16H,3-6,8-10H2,(H,22,33)(H,28,29,30)/p-1/t12-/m0/s1. The number of cyclic esters (lactones) is 1. The molecule has 0 aromatic heterocycles. The number of nitrogens with one attached hydrogen (secondary N) is 1. The molecule has 0 saturated carbocycles. The van der Waals surface area contributed by atoms with Crippen molar-refractivity contribution in [2.75, 3.05) is 55.7 Å². The molecule has 34 heavy (non-hydrogen) atoms. The molecule has 0 spiro atoms. The first-order valence-corrected chi connectivity index (χ1v) is 11.7. The number of alkyl halides is 2. The molecule has 2 aliphatic heterocycles. The van der Waals surface area contributed by atoms with Crippen LogP contribution in [0.5, 0.6) is 0 Å². The van der Waals surface area contributed by atoms with Crippen LogP contribution in [0.15, 0.2) is 18.2 Å². The Morgan fingerprint density at radius 1 is 1.29 bits per heavy atom. The summed E-state index contributed by atoms with van der Waals surface area (Å²) in [5.41, 5.74) is 0.442. The Hall–Kier alpha value is -2.69. The minimum absolute atomic E-state index is 0.0123. The van der Waals surface area contributed by atoms with Crippen molar-refractivity contribution >= 4 is 51.0 Å². The molecule has 0 radical (unpaired) electrons. The fraction of sp³-hybridized carbons (Fsp3) is 0.500. The third kappa shape index (κ3) is 6.68. The molecule has 2 heterocycles. The zero-order valence-electron chi connectivity index (χ0n) is 17.5. The molecule has 1 atom stereocenters. The topological polar surface area (TPSA) is 132 Å². The minimum atomic E-state index is -4.98. The maximum atomic E-state index is 14.8. The number of amides is 2. The van der Waals surface area contributed by atoms with Crippen molar-refractivity contribution in [1.82, 2.24) is 10.2 Å². The molecule has 2 amide bonds. The number of ether oxygens (including phenoxy) is 1. The third-order valence-electron chi connectivity index (χ3n) is 5.12. The van der Waals surface area contributed by atoms with Gasteiger partial charge in [0.25, 0.3) is 6.43 Å². The molecule has 1 N–H and O–H groups in total. The smallest absolute Gasteiger partial charge is 0.414 e. The van der Waals surface area contributed by atoms with E-state index in [0.29, 0.717) is 0 Å². The van der Waals surface area contributed by atoms with Crippen LogP contribution in [-0.4, -0.2) is 93.3 Å². The largest absolute Gasteiger partial charge is 0.726 e. The lowest BCUT2D eigenvalue weighted by Gasteiger charge is -2.36. The van der Waals surface area contributed by atoms with Crippen molar-refractivity contribution < 1.29 is 44.7 Å². The number of carbonyl (C=O) groups is 2. The zero-order chi connectivity index (χ0) is 25.0. The van der Waals surface area contributed by atoms with Crippen LogP contribution in [0.2, 0.25) is 0 Å². The van der Waals surface area contributed by atoms with Gasteiger partial charge >= 0.3 is 6.09 Å². The van der Waals surface area contributed by atoms with Crippen molar-refractivity contribution in [2.24, 2.45) is 0 Å². The van der Waals surface area contributed by atoms with E-state index < -0.39 is 52.3 Å². The van der Waals surface area contributed by atoms with E-state index in [-0.39, 0.29) is 50.6 Å². The highest BCUT2D eigenvalue weighted by Gasteiger charge is 2.33. The van der Waals surface area contributed by atoms with Crippen LogP contribution in [0.4, 0.5) is 29.3 Å². The summed E-state index contributed by atoms with van der Waals surface area (Å²) < 4.78 is 80.2. The number of nitrogens with zero attached hydrogens (tertiary/aromatic N) is 3. The van der Waals surface area contributed by atoms with E-state index in [1.807, 2.05) is 0 Å². The van der Waals surface area contributed by atoms with Gasteiger partial charge in [-0.15, -0.1) is 0 Å². The predicted molar refractivity (Wildman–Crippen MR) is 115 cm³/mol. The first-order valence-electron chi connectivity index (χ1n) is 9.91. The third-order valence-corrected chi connectivity index (χ3v) is 5.85. The fourth-order valence-corrected chi connectivity index (χ4v) is 3.79. The number of rotatable bonds is 8. The second kappa shape index (κ2) is 10.7.